The molecule has 0 saturated carbocycles. The minimum Gasteiger partial charge on any atom is -0.487 e. The van der Waals surface area contributed by atoms with Crippen molar-refractivity contribution in [2.24, 2.45) is 0 Å². The van der Waals surface area contributed by atoms with Crippen molar-refractivity contribution in [1.82, 2.24) is 5.32 Å². The van der Waals surface area contributed by atoms with Crippen LogP contribution in [0, 0.1) is 0 Å². The number of nitrogen functional groups attached to an aromatic ring is 1. The van der Waals surface area contributed by atoms with Crippen LogP contribution in [0.5, 0.6) is 5.75 Å². The summed E-state index contributed by atoms with van der Waals surface area (Å²) in [4.78, 5) is 11.2. The van der Waals surface area contributed by atoms with Crippen molar-refractivity contribution in [1.29, 1.82) is 0 Å². The van der Waals surface area contributed by atoms with Crippen LogP contribution in [0.15, 0.2) is 18.2 Å². The summed E-state index contributed by atoms with van der Waals surface area (Å²) in [7, 11) is 0. The first-order valence-electron chi connectivity index (χ1n) is 5.73. The first kappa shape index (κ1) is 11.8. The number of hydrogen-bond donors (Lipinski definition) is 2. The van der Waals surface area contributed by atoms with Gasteiger partial charge in [-0.2, -0.15) is 0 Å². The normalized spacial score (nSPS) is 21.2. The standard InChI is InChI=1S/C13H18N2O2/c1-8(16)15-11-7-13(2,3)17-12-5-4-9(14)6-10(11)12/h4-6,11H,7,14H2,1-3H3,(H,15,16). The van der Waals surface area contributed by atoms with E-state index in [1.54, 1.807) is 0 Å². The molecule has 0 spiro atoms. The summed E-state index contributed by atoms with van der Waals surface area (Å²) in [6, 6.07) is 5.51. The molecule has 17 heavy (non-hydrogen) atoms. The Labute approximate surface area is 101 Å². The van der Waals surface area contributed by atoms with Crippen molar-refractivity contribution in [3.05, 3.63) is 23.8 Å². The molecule has 0 saturated heterocycles. The topological polar surface area (TPSA) is 64.3 Å². The van der Waals surface area contributed by atoms with Gasteiger partial charge in [0.15, 0.2) is 0 Å². The van der Waals surface area contributed by atoms with Crippen molar-refractivity contribution < 1.29 is 9.53 Å². The van der Waals surface area contributed by atoms with Gasteiger partial charge in [0.1, 0.15) is 11.4 Å². The molecule has 1 atom stereocenters. The monoisotopic (exact) mass is 234 g/mol. The summed E-state index contributed by atoms with van der Waals surface area (Å²) >= 11 is 0. The number of benzene rings is 1. The van der Waals surface area contributed by atoms with Gasteiger partial charge in [0.25, 0.3) is 0 Å². The third kappa shape index (κ3) is 2.52. The zero-order valence-corrected chi connectivity index (χ0v) is 10.4. The van der Waals surface area contributed by atoms with Crippen LogP contribution < -0.4 is 15.8 Å². The van der Waals surface area contributed by atoms with E-state index >= 15 is 0 Å². The number of anilines is 1. The Kier molecular flexibility index (Phi) is 2.73. The lowest BCUT2D eigenvalue weighted by Crippen LogP contribution is -2.40. The van der Waals surface area contributed by atoms with Crippen molar-refractivity contribution in [3.63, 3.8) is 0 Å². The van der Waals surface area contributed by atoms with Gasteiger partial charge < -0.3 is 15.8 Å². The number of nitrogens with two attached hydrogens (primary N) is 1. The van der Waals surface area contributed by atoms with Crippen molar-refractivity contribution in [2.75, 3.05) is 5.73 Å². The minimum absolute atomic E-state index is 0.0326. The highest BCUT2D eigenvalue weighted by atomic mass is 16.5. The number of ether oxygens (including phenoxy) is 1. The number of rotatable bonds is 1. The van der Waals surface area contributed by atoms with Gasteiger partial charge in [0.05, 0.1) is 6.04 Å². The Balaban J connectivity index is 2.40. The van der Waals surface area contributed by atoms with E-state index in [2.05, 4.69) is 5.32 Å². The van der Waals surface area contributed by atoms with E-state index in [0.29, 0.717) is 5.69 Å². The molecule has 0 bridgehead atoms. The van der Waals surface area contributed by atoms with Crippen LogP contribution in [0.4, 0.5) is 5.69 Å². The van der Waals surface area contributed by atoms with E-state index in [-0.39, 0.29) is 17.6 Å². The second kappa shape index (κ2) is 3.95. The zero-order valence-electron chi connectivity index (χ0n) is 10.4. The fourth-order valence-electron chi connectivity index (χ4n) is 2.25. The molecule has 0 aromatic heterocycles. The number of amides is 1. The first-order chi connectivity index (χ1) is 7.87. The third-order valence-corrected chi connectivity index (χ3v) is 2.87. The summed E-state index contributed by atoms with van der Waals surface area (Å²) in [5, 5.41) is 2.95. The number of carbonyl (C=O) groups is 1. The molecule has 4 nitrogen and oxygen atoms in total. The molecule has 3 N–H and O–H groups in total. The molecule has 0 fully saturated rings. The zero-order chi connectivity index (χ0) is 12.6. The Hall–Kier alpha value is -1.71. The van der Waals surface area contributed by atoms with Gasteiger partial charge in [-0.1, -0.05) is 0 Å². The van der Waals surface area contributed by atoms with Crippen LogP contribution in [0.25, 0.3) is 0 Å². The molecule has 0 aliphatic carbocycles. The molecule has 1 aliphatic rings. The molecule has 4 heteroatoms. The van der Waals surface area contributed by atoms with Crippen LogP contribution in [-0.2, 0) is 4.79 Å². The van der Waals surface area contributed by atoms with Crippen molar-refractivity contribution in [3.8, 4) is 5.75 Å². The Bertz CT molecular complexity index is 455. The molecule has 1 unspecified atom stereocenters. The van der Waals surface area contributed by atoms with E-state index < -0.39 is 0 Å². The van der Waals surface area contributed by atoms with Crippen molar-refractivity contribution in [2.45, 2.75) is 38.8 Å². The minimum atomic E-state index is -0.282. The molecular weight excluding hydrogens is 216 g/mol. The Morgan fingerprint density at radius 1 is 1.53 bits per heavy atom. The van der Waals surface area contributed by atoms with Crippen LogP contribution in [0.2, 0.25) is 0 Å². The van der Waals surface area contributed by atoms with Gasteiger partial charge in [-0.05, 0) is 32.0 Å². The van der Waals surface area contributed by atoms with Crippen LogP contribution in [0.3, 0.4) is 0 Å². The van der Waals surface area contributed by atoms with E-state index in [1.807, 2.05) is 32.0 Å². The van der Waals surface area contributed by atoms with Gasteiger partial charge in [0.2, 0.25) is 5.91 Å². The average molecular weight is 234 g/mol. The predicted octanol–water partition coefficient (Wildman–Crippen LogP) is 2.01. The lowest BCUT2D eigenvalue weighted by atomic mass is 9.89. The fourth-order valence-corrected chi connectivity index (χ4v) is 2.25. The molecule has 1 aliphatic heterocycles. The van der Waals surface area contributed by atoms with E-state index in [0.717, 1.165) is 17.7 Å². The van der Waals surface area contributed by atoms with Gasteiger partial charge in [-0.15, -0.1) is 0 Å². The third-order valence-electron chi connectivity index (χ3n) is 2.87. The molecule has 92 valence electrons. The maximum atomic E-state index is 11.2. The molecule has 1 amide bonds. The van der Waals surface area contributed by atoms with Crippen molar-refractivity contribution >= 4 is 11.6 Å². The summed E-state index contributed by atoms with van der Waals surface area (Å²) in [6.45, 7) is 5.55. The lowest BCUT2D eigenvalue weighted by molar-refractivity contribution is -0.120. The quantitative estimate of drug-likeness (QED) is 0.730. The maximum Gasteiger partial charge on any atom is 0.217 e. The van der Waals surface area contributed by atoms with E-state index in [1.165, 1.54) is 6.92 Å². The first-order valence-corrected chi connectivity index (χ1v) is 5.73. The Morgan fingerprint density at radius 2 is 2.24 bits per heavy atom. The Morgan fingerprint density at radius 3 is 2.88 bits per heavy atom. The van der Waals surface area contributed by atoms with E-state index in [9.17, 15) is 4.79 Å². The molecule has 1 aromatic carbocycles. The van der Waals surface area contributed by atoms with Crippen LogP contribution in [0.1, 0.15) is 38.8 Å². The molecule has 1 heterocycles. The van der Waals surface area contributed by atoms with Gasteiger partial charge in [-0.3, -0.25) is 4.79 Å². The lowest BCUT2D eigenvalue weighted by Gasteiger charge is -2.37. The molecule has 1 aromatic rings. The van der Waals surface area contributed by atoms with Gasteiger partial charge in [-0.25, -0.2) is 0 Å². The fraction of sp³-hybridized carbons (Fsp3) is 0.462. The highest BCUT2D eigenvalue weighted by molar-refractivity contribution is 5.73. The predicted molar refractivity (Wildman–Crippen MR) is 66.7 cm³/mol. The highest BCUT2D eigenvalue weighted by Gasteiger charge is 2.34. The maximum absolute atomic E-state index is 11.2. The largest absolute Gasteiger partial charge is 0.487 e. The van der Waals surface area contributed by atoms with E-state index in [4.69, 9.17) is 10.5 Å². The summed E-state index contributed by atoms with van der Waals surface area (Å²) in [5.74, 6) is 0.760. The average Bonchev–Trinajstić information content (AvgIpc) is 2.17. The molecule has 2 rings (SSSR count). The van der Waals surface area contributed by atoms with Crippen LogP contribution in [-0.4, -0.2) is 11.5 Å². The molecular formula is C13H18N2O2. The summed E-state index contributed by atoms with van der Waals surface area (Å²) in [6.07, 6.45) is 0.739. The number of nitrogens with one attached hydrogen (secondary N) is 1. The number of fused-ring (bicyclic) bond motifs is 1. The molecule has 0 radical (unpaired) electrons. The SMILES string of the molecule is CC(=O)NC1CC(C)(C)Oc2ccc(N)cc21. The summed E-state index contributed by atoms with van der Waals surface area (Å²) in [5.41, 5.74) is 7.13. The number of carbonyl (C=O) groups excluding carboxylic acids is 1. The second-order valence-corrected chi connectivity index (χ2v) is 5.12. The smallest absolute Gasteiger partial charge is 0.217 e. The van der Waals surface area contributed by atoms with Gasteiger partial charge in [0, 0.05) is 24.6 Å². The number of hydrogen-bond acceptors (Lipinski definition) is 3. The highest BCUT2D eigenvalue weighted by Crippen LogP contribution is 2.40. The summed E-state index contributed by atoms with van der Waals surface area (Å²) < 4.78 is 5.88. The van der Waals surface area contributed by atoms with Crippen LogP contribution >= 0.6 is 0 Å². The second-order valence-electron chi connectivity index (χ2n) is 5.12. The van der Waals surface area contributed by atoms with Gasteiger partial charge >= 0.3 is 0 Å².